The minimum atomic E-state index is 0.449. The summed E-state index contributed by atoms with van der Waals surface area (Å²) in [5, 5.41) is 3.96. The molecule has 2 rings (SSSR count). The van der Waals surface area contributed by atoms with Crippen LogP contribution in [0.25, 0.3) is 0 Å². The third kappa shape index (κ3) is 2.23. The largest absolute Gasteiger partial charge is 0.301 e. The SMILES string of the molecule is CC1CNC(c2cccnc2)SC1. The first kappa shape index (κ1) is 9.03. The van der Waals surface area contributed by atoms with Crippen LogP contribution in [0.5, 0.6) is 0 Å². The van der Waals surface area contributed by atoms with Crippen LogP contribution in [0, 0.1) is 5.92 Å². The Kier molecular flexibility index (Phi) is 2.86. The molecule has 0 aromatic carbocycles. The van der Waals surface area contributed by atoms with Crippen LogP contribution in [0.2, 0.25) is 0 Å². The van der Waals surface area contributed by atoms with E-state index in [-0.39, 0.29) is 0 Å². The minimum Gasteiger partial charge on any atom is -0.301 e. The molecule has 0 amide bonds. The van der Waals surface area contributed by atoms with Crippen molar-refractivity contribution in [3.05, 3.63) is 30.1 Å². The summed E-state index contributed by atoms with van der Waals surface area (Å²) >= 11 is 1.97. The average molecular weight is 194 g/mol. The lowest BCUT2D eigenvalue weighted by Crippen LogP contribution is -2.31. The number of hydrogen-bond donors (Lipinski definition) is 1. The van der Waals surface area contributed by atoms with Crippen molar-refractivity contribution in [2.45, 2.75) is 12.3 Å². The molecule has 1 aromatic heterocycles. The molecular weight excluding hydrogens is 180 g/mol. The van der Waals surface area contributed by atoms with Crippen LogP contribution in [-0.4, -0.2) is 17.3 Å². The third-order valence-electron chi connectivity index (χ3n) is 2.19. The zero-order valence-electron chi connectivity index (χ0n) is 7.73. The number of thioether (sulfide) groups is 1. The predicted molar refractivity (Wildman–Crippen MR) is 56.6 cm³/mol. The highest BCUT2D eigenvalue weighted by molar-refractivity contribution is 7.99. The summed E-state index contributed by atoms with van der Waals surface area (Å²) in [6.07, 6.45) is 3.76. The zero-order valence-corrected chi connectivity index (χ0v) is 8.55. The first-order valence-corrected chi connectivity index (χ1v) is 5.66. The lowest BCUT2D eigenvalue weighted by molar-refractivity contribution is 0.529. The van der Waals surface area contributed by atoms with E-state index in [2.05, 4.69) is 23.3 Å². The Balaban J connectivity index is 2.03. The van der Waals surface area contributed by atoms with Gasteiger partial charge in [0.1, 0.15) is 0 Å². The van der Waals surface area contributed by atoms with E-state index in [9.17, 15) is 0 Å². The third-order valence-corrected chi connectivity index (χ3v) is 3.72. The maximum atomic E-state index is 4.13. The van der Waals surface area contributed by atoms with Crippen LogP contribution in [-0.2, 0) is 0 Å². The van der Waals surface area contributed by atoms with Crippen LogP contribution in [0.4, 0.5) is 0 Å². The molecule has 3 heteroatoms. The van der Waals surface area contributed by atoms with E-state index in [1.165, 1.54) is 11.3 Å². The molecule has 1 aromatic rings. The smallest absolute Gasteiger partial charge is 0.0804 e. The summed E-state index contributed by atoms with van der Waals surface area (Å²) < 4.78 is 0. The monoisotopic (exact) mass is 194 g/mol. The fourth-order valence-electron chi connectivity index (χ4n) is 1.43. The lowest BCUT2D eigenvalue weighted by Gasteiger charge is -2.27. The number of nitrogens with zero attached hydrogens (tertiary/aromatic N) is 1. The van der Waals surface area contributed by atoms with Crippen LogP contribution in [0.1, 0.15) is 17.9 Å². The molecule has 0 bridgehead atoms. The fraction of sp³-hybridized carbons (Fsp3) is 0.500. The number of rotatable bonds is 1. The highest BCUT2D eigenvalue weighted by atomic mass is 32.2. The van der Waals surface area contributed by atoms with Gasteiger partial charge in [0.05, 0.1) is 5.37 Å². The zero-order chi connectivity index (χ0) is 9.10. The van der Waals surface area contributed by atoms with Gasteiger partial charge in [-0.1, -0.05) is 13.0 Å². The molecule has 0 saturated carbocycles. The van der Waals surface area contributed by atoms with Crippen molar-refractivity contribution >= 4 is 11.8 Å². The first-order valence-electron chi connectivity index (χ1n) is 4.61. The van der Waals surface area contributed by atoms with Gasteiger partial charge in [-0.3, -0.25) is 4.98 Å². The number of hydrogen-bond acceptors (Lipinski definition) is 3. The van der Waals surface area contributed by atoms with Crippen LogP contribution >= 0.6 is 11.8 Å². The summed E-state index contributed by atoms with van der Waals surface area (Å²) in [5.74, 6) is 2.03. The van der Waals surface area contributed by atoms with Gasteiger partial charge in [0, 0.05) is 12.4 Å². The quantitative estimate of drug-likeness (QED) is 0.740. The molecule has 70 valence electrons. The molecule has 1 N–H and O–H groups in total. The minimum absolute atomic E-state index is 0.449. The maximum absolute atomic E-state index is 4.13. The van der Waals surface area contributed by atoms with Crippen LogP contribution < -0.4 is 5.32 Å². The molecule has 1 aliphatic heterocycles. The highest BCUT2D eigenvalue weighted by Crippen LogP contribution is 2.30. The Bertz CT molecular complexity index is 255. The molecule has 2 heterocycles. The Morgan fingerprint density at radius 3 is 3.15 bits per heavy atom. The van der Waals surface area contributed by atoms with Crippen LogP contribution in [0.3, 0.4) is 0 Å². The van der Waals surface area contributed by atoms with E-state index in [1.807, 2.05) is 30.2 Å². The highest BCUT2D eigenvalue weighted by Gasteiger charge is 2.18. The molecule has 2 atom stereocenters. The summed E-state index contributed by atoms with van der Waals surface area (Å²) in [7, 11) is 0. The molecule has 1 aliphatic rings. The van der Waals surface area contributed by atoms with Gasteiger partial charge in [-0.15, -0.1) is 11.8 Å². The summed E-state index contributed by atoms with van der Waals surface area (Å²) in [6.45, 7) is 3.39. The van der Waals surface area contributed by atoms with Gasteiger partial charge in [-0.25, -0.2) is 0 Å². The average Bonchev–Trinajstić information content (AvgIpc) is 2.20. The van der Waals surface area contributed by atoms with Crippen molar-refractivity contribution in [2.24, 2.45) is 5.92 Å². The van der Waals surface area contributed by atoms with Gasteiger partial charge in [-0.05, 0) is 29.8 Å². The van der Waals surface area contributed by atoms with E-state index < -0.39 is 0 Å². The second-order valence-electron chi connectivity index (χ2n) is 3.51. The maximum Gasteiger partial charge on any atom is 0.0804 e. The van der Waals surface area contributed by atoms with Gasteiger partial charge >= 0.3 is 0 Å². The predicted octanol–water partition coefficient (Wildman–Crippen LogP) is 2.05. The Hall–Kier alpha value is -0.540. The van der Waals surface area contributed by atoms with Gasteiger partial charge in [0.15, 0.2) is 0 Å². The molecule has 2 nitrogen and oxygen atoms in total. The fourth-order valence-corrected chi connectivity index (χ4v) is 2.62. The molecule has 0 spiro atoms. The van der Waals surface area contributed by atoms with Crippen molar-refractivity contribution < 1.29 is 0 Å². The summed E-state index contributed by atoms with van der Waals surface area (Å²) in [4.78, 5) is 4.13. The standard InChI is InChI=1S/C10H14N2S/c1-8-5-12-10(13-7-8)9-3-2-4-11-6-9/h2-4,6,8,10,12H,5,7H2,1H3. The van der Waals surface area contributed by atoms with Gasteiger partial charge in [0.2, 0.25) is 0 Å². The first-order chi connectivity index (χ1) is 6.36. The van der Waals surface area contributed by atoms with E-state index in [1.54, 1.807) is 0 Å². The van der Waals surface area contributed by atoms with Gasteiger partial charge in [0.25, 0.3) is 0 Å². The lowest BCUT2D eigenvalue weighted by atomic mass is 10.2. The van der Waals surface area contributed by atoms with Crippen molar-refractivity contribution in [1.82, 2.24) is 10.3 Å². The Morgan fingerprint density at radius 1 is 1.62 bits per heavy atom. The molecule has 0 aliphatic carbocycles. The van der Waals surface area contributed by atoms with E-state index in [0.717, 1.165) is 12.5 Å². The van der Waals surface area contributed by atoms with Crippen LogP contribution in [0.15, 0.2) is 24.5 Å². The van der Waals surface area contributed by atoms with E-state index >= 15 is 0 Å². The normalized spacial score (nSPS) is 28.7. The number of aromatic nitrogens is 1. The number of pyridine rings is 1. The van der Waals surface area contributed by atoms with Gasteiger partial charge < -0.3 is 5.32 Å². The summed E-state index contributed by atoms with van der Waals surface area (Å²) in [6, 6.07) is 4.13. The topological polar surface area (TPSA) is 24.9 Å². The van der Waals surface area contributed by atoms with Gasteiger partial charge in [-0.2, -0.15) is 0 Å². The van der Waals surface area contributed by atoms with E-state index in [4.69, 9.17) is 0 Å². The molecule has 2 unspecified atom stereocenters. The summed E-state index contributed by atoms with van der Waals surface area (Å²) in [5.41, 5.74) is 1.29. The van der Waals surface area contributed by atoms with Crippen molar-refractivity contribution in [2.75, 3.05) is 12.3 Å². The second-order valence-corrected chi connectivity index (χ2v) is 4.65. The van der Waals surface area contributed by atoms with Crippen molar-refractivity contribution in [3.63, 3.8) is 0 Å². The molecule has 13 heavy (non-hydrogen) atoms. The molecular formula is C10H14N2S. The molecule has 0 radical (unpaired) electrons. The second kappa shape index (κ2) is 4.11. The molecule has 1 fully saturated rings. The Labute approximate surface area is 83.1 Å². The van der Waals surface area contributed by atoms with E-state index in [0.29, 0.717) is 5.37 Å². The number of nitrogens with one attached hydrogen (secondary N) is 1. The molecule has 1 saturated heterocycles. The van der Waals surface area contributed by atoms with Crippen molar-refractivity contribution in [3.8, 4) is 0 Å². The van der Waals surface area contributed by atoms with Crippen molar-refractivity contribution in [1.29, 1.82) is 0 Å². The Morgan fingerprint density at radius 2 is 2.54 bits per heavy atom.